The zero-order valence-corrected chi connectivity index (χ0v) is 18.5. The van der Waals surface area contributed by atoms with Crippen LogP contribution in [0, 0.1) is 5.92 Å². The number of hydrogen-bond donors (Lipinski definition) is 1. The van der Waals surface area contributed by atoms with Gasteiger partial charge in [-0.2, -0.15) is 0 Å². The minimum atomic E-state index is -0.118. The first-order valence-corrected chi connectivity index (χ1v) is 10.9. The molecule has 1 aliphatic rings. The number of ketones is 1. The number of methoxy groups -OCH3 is 2. The van der Waals surface area contributed by atoms with Gasteiger partial charge in [0.1, 0.15) is 6.61 Å². The number of carbonyl (C=O) groups is 1. The first kappa shape index (κ1) is 21.9. The fourth-order valence-corrected chi connectivity index (χ4v) is 4.43. The number of hydrogen-bond acceptors (Lipinski definition) is 5. The lowest BCUT2D eigenvalue weighted by Crippen LogP contribution is -2.38. The number of rotatable bonds is 9. The molecule has 0 heterocycles. The van der Waals surface area contributed by atoms with Crippen LogP contribution in [-0.4, -0.2) is 39.7 Å². The van der Waals surface area contributed by atoms with Crippen LogP contribution in [0.4, 0.5) is 0 Å². The van der Waals surface area contributed by atoms with Crippen LogP contribution in [0.5, 0.6) is 17.2 Å². The molecule has 1 aliphatic carbocycles. The van der Waals surface area contributed by atoms with E-state index in [-0.39, 0.29) is 17.6 Å². The normalized spacial score (nSPS) is 17.5. The predicted molar refractivity (Wildman–Crippen MR) is 125 cm³/mol. The summed E-state index contributed by atoms with van der Waals surface area (Å²) in [5.41, 5.74) is 3.19. The number of nitrogens with one attached hydrogen (secondary N) is 1. The van der Waals surface area contributed by atoms with E-state index in [2.05, 4.69) is 23.5 Å². The molecule has 0 radical (unpaired) electrons. The van der Waals surface area contributed by atoms with Crippen molar-refractivity contribution < 1.29 is 19.0 Å². The zero-order valence-electron chi connectivity index (χ0n) is 18.5. The Morgan fingerprint density at radius 2 is 1.56 bits per heavy atom. The van der Waals surface area contributed by atoms with Gasteiger partial charge < -0.3 is 19.5 Å². The van der Waals surface area contributed by atoms with Gasteiger partial charge in [-0.1, -0.05) is 60.7 Å². The van der Waals surface area contributed by atoms with Crippen LogP contribution < -0.4 is 19.5 Å². The van der Waals surface area contributed by atoms with Gasteiger partial charge >= 0.3 is 0 Å². The second-order valence-electron chi connectivity index (χ2n) is 7.89. The molecule has 32 heavy (non-hydrogen) atoms. The van der Waals surface area contributed by atoms with Crippen molar-refractivity contribution in [3.05, 3.63) is 89.5 Å². The minimum absolute atomic E-state index is 0.118. The average Bonchev–Trinajstić information content (AvgIpc) is 2.85. The maximum absolute atomic E-state index is 13.3. The molecule has 3 aromatic carbocycles. The quantitative estimate of drug-likeness (QED) is 0.505. The van der Waals surface area contributed by atoms with Crippen molar-refractivity contribution in [3.63, 3.8) is 0 Å². The van der Waals surface area contributed by atoms with E-state index in [0.29, 0.717) is 36.9 Å². The number of fused-ring (bicyclic) bond motifs is 1. The van der Waals surface area contributed by atoms with Crippen molar-refractivity contribution in [2.45, 2.75) is 12.3 Å². The van der Waals surface area contributed by atoms with E-state index in [9.17, 15) is 4.79 Å². The smallest absolute Gasteiger partial charge is 0.203 e. The van der Waals surface area contributed by atoms with E-state index >= 15 is 0 Å². The summed E-state index contributed by atoms with van der Waals surface area (Å²) in [5, 5.41) is 3.43. The van der Waals surface area contributed by atoms with Gasteiger partial charge in [0.25, 0.3) is 0 Å². The lowest BCUT2D eigenvalue weighted by Gasteiger charge is -2.32. The molecular weight excluding hydrogens is 402 g/mol. The van der Waals surface area contributed by atoms with Gasteiger partial charge in [-0.05, 0) is 35.6 Å². The molecule has 4 rings (SSSR count). The van der Waals surface area contributed by atoms with E-state index in [4.69, 9.17) is 14.2 Å². The number of carbonyl (C=O) groups excluding carboxylic acids is 1. The summed E-state index contributed by atoms with van der Waals surface area (Å²) in [6, 6.07) is 23.9. The molecule has 0 amide bonds. The molecule has 0 aliphatic heterocycles. The SMILES string of the molecule is COc1cccc(OC)c1OCCNCC1C(=O)c2ccccc2CC1c1ccccc1. The summed E-state index contributed by atoms with van der Waals surface area (Å²) in [6.07, 6.45) is 0.868. The first-order valence-electron chi connectivity index (χ1n) is 10.9. The van der Waals surface area contributed by atoms with Crippen molar-refractivity contribution in [1.82, 2.24) is 5.32 Å². The van der Waals surface area contributed by atoms with Crippen molar-refractivity contribution in [1.29, 1.82) is 0 Å². The summed E-state index contributed by atoms with van der Waals surface area (Å²) in [7, 11) is 3.21. The minimum Gasteiger partial charge on any atom is -0.493 e. The lowest BCUT2D eigenvalue weighted by molar-refractivity contribution is 0.0882. The molecule has 0 spiro atoms. The van der Waals surface area contributed by atoms with Gasteiger partial charge in [0.2, 0.25) is 5.75 Å². The summed E-state index contributed by atoms with van der Waals surface area (Å²) < 4.78 is 16.7. The van der Waals surface area contributed by atoms with Crippen LogP contribution in [0.1, 0.15) is 27.4 Å². The van der Waals surface area contributed by atoms with Crippen LogP contribution >= 0.6 is 0 Å². The van der Waals surface area contributed by atoms with Gasteiger partial charge in [-0.3, -0.25) is 4.79 Å². The molecule has 0 saturated carbocycles. The molecule has 1 N–H and O–H groups in total. The maximum atomic E-state index is 13.3. The molecule has 0 aromatic heterocycles. The summed E-state index contributed by atoms with van der Waals surface area (Å²) in [6.45, 7) is 1.64. The molecule has 3 aromatic rings. The second-order valence-corrected chi connectivity index (χ2v) is 7.89. The molecule has 5 nitrogen and oxygen atoms in total. The predicted octanol–water partition coefficient (Wildman–Crippen LogP) is 4.51. The van der Waals surface area contributed by atoms with Gasteiger partial charge in [0.15, 0.2) is 17.3 Å². The molecule has 0 saturated heterocycles. The first-order chi connectivity index (χ1) is 15.7. The highest BCUT2D eigenvalue weighted by Gasteiger charge is 2.35. The Balaban J connectivity index is 1.42. The zero-order chi connectivity index (χ0) is 22.3. The summed E-state index contributed by atoms with van der Waals surface area (Å²) >= 11 is 0. The average molecular weight is 432 g/mol. The van der Waals surface area contributed by atoms with Gasteiger partial charge in [-0.15, -0.1) is 0 Å². The number of para-hydroxylation sites is 1. The van der Waals surface area contributed by atoms with Crippen molar-refractivity contribution in [2.24, 2.45) is 5.92 Å². The largest absolute Gasteiger partial charge is 0.493 e. The monoisotopic (exact) mass is 431 g/mol. The Morgan fingerprint density at radius 3 is 2.28 bits per heavy atom. The highest BCUT2D eigenvalue weighted by Crippen LogP contribution is 2.38. The molecule has 0 fully saturated rings. The molecule has 0 bridgehead atoms. The third-order valence-corrected chi connectivity index (χ3v) is 6.04. The fourth-order valence-electron chi connectivity index (χ4n) is 4.43. The topological polar surface area (TPSA) is 56.8 Å². The summed E-state index contributed by atoms with van der Waals surface area (Å²) in [5.74, 6) is 2.10. The Bertz CT molecular complexity index is 1030. The van der Waals surface area contributed by atoms with Crippen LogP contribution in [-0.2, 0) is 6.42 Å². The van der Waals surface area contributed by atoms with Gasteiger partial charge in [0, 0.05) is 24.6 Å². The highest BCUT2D eigenvalue weighted by atomic mass is 16.5. The van der Waals surface area contributed by atoms with Crippen LogP contribution in [0.15, 0.2) is 72.8 Å². The van der Waals surface area contributed by atoms with E-state index in [1.54, 1.807) is 14.2 Å². The number of Topliss-reactive ketones (excluding diaryl/α,β-unsaturated/α-hetero) is 1. The Hall–Kier alpha value is -3.31. The fraction of sp³-hybridized carbons (Fsp3) is 0.296. The van der Waals surface area contributed by atoms with Crippen LogP contribution in [0.25, 0.3) is 0 Å². The number of benzene rings is 3. The van der Waals surface area contributed by atoms with E-state index in [1.807, 2.05) is 54.6 Å². The van der Waals surface area contributed by atoms with Gasteiger partial charge in [-0.25, -0.2) is 0 Å². The van der Waals surface area contributed by atoms with Crippen molar-refractivity contribution in [3.8, 4) is 17.2 Å². The number of ether oxygens (including phenoxy) is 3. The third-order valence-electron chi connectivity index (χ3n) is 6.04. The van der Waals surface area contributed by atoms with Crippen LogP contribution in [0.2, 0.25) is 0 Å². The highest BCUT2D eigenvalue weighted by molar-refractivity contribution is 6.01. The van der Waals surface area contributed by atoms with E-state index in [1.165, 1.54) is 5.56 Å². The molecule has 166 valence electrons. The second kappa shape index (κ2) is 10.3. The lowest BCUT2D eigenvalue weighted by atomic mass is 9.72. The molecular formula is C27H29NO4. The Labute approximate surface area is 189 Å². The van der Waals surface area contributed by atoms with Crippen LogP contribution in [0.3, 0.4) is 0 Å². The molecule has 2 atom stereocenters. The third kappa shape index (κ3) is 4.63. The van der Waals surface area contributed by atoms with Crippen molar-refractivity contribution in [2.75, 3.05) is 33.9 Å². The van der Waals surface area contributed by atoms with E-state index < -0.39 is 0 Å². The Morgan fingerprint density at radius 1 is 0.875 bits per heavy atom. The molecule has 5 heteroatoms. The van der Waals surface area contributed by atoms with E-state index in [0.717, 1.165) is 17.5 Å². The van der Waals surface area contributed by atoms with Crippen molar-refractivity contribution >= 4 is 5.78 Å². The summed E-state index contributed by atoms with van der Waals surface area (Å²) in [4.78, 5) is 13.3. The standard InChI is InChI=1S/C27H29NO4/c1-30-24-13-8-14-25(31-2)27(24)32-16-15-28-18-23-22(19-9-4-3-5-10-19)17-20-11-6-7-12-21(20)26(23)29/h3-14,22-23,28H,15-18H2,1-2H3. The molecule has 2 unspecified atom stereocenters. The maximum Gasteiger partial charge on any atom is 0.203 e. The van der Waals surface area contributed by atoms with Gasteiger partial charge in [0.05, 0.1) is 14.2 Å². The Kier molecular flexibility index (Phi) is 7.07.